The predicted molar refractivity (Wildman–Crippen MR) is 317 cm³/mol. The molecule has 0 amide bonds. The highest BCUT2D eigenvalue weighted by Gasteiger charge is 2.48. The molecule has 0 bridgehead atoms. The van der Waals surface area contributed by atoms with Crippen molar-refractivity contribution in [1.82, 2.24) is 0 Å². The molecule has 0 aromatic carbocycles. The van der Waals surface area contributed by atoms with Gasteiger partial charge in [0.2, 0.25) is 0 Å². The minimum absolute atomic E-state index is 0.0415. The quantitative estimate of drug-likeness (QED) is 0.0196. The number of aliphatic hydroxyl groups is 3. The van der Waals surface area contributed by atoms with Crippen LogP contribution in [0, 0.1) is 0 Å². The average molecular weight is 1120 g/mol. The first kappa shape index (κ1) is 73.6. The van der Waals surface area contributed by atoms with Crippen LogP contribution in [0.2, 0.25) is 0 Å². The number of hydrogen-bond donors (Lipinski definition) is 4. The first-order chi connectivity index (χ1) is 37.6. The molecule has 1 fully saturated rings. The predicted octanol–water partition coefficient (Wildman–Crippen LogP) is 17.0. The van der Waals surface area contributed by atoms with E-state index in [1.54, 1.807) is 0 Å². The van der Waals surface area contributed by atoms with Crippen molar-refractivity contribution in [2.45, 2.75) is 352 Å². The SMILES string of the molecule is CCCCCCC/C=C\C/C=C\CCCCCCCCCCCCCCCCOCC(COC1OC(CO)C(O)C(OS(=O)(=O)O)C1O)OC(=O)CCCCCCCCCCCCCCCCCCCCCCCCCC. The third-order valence-electron chi connectivity index (χ3n) is 15.3. The summed E-state index contributed by atoms with van der Waals surface area (Å²) in [6.07, 6.45) is 59.5. The van der Waals surface area contributed by atoms with Gasteiger partial charge in [0.05, 0.1) is 19.8 Å². The molecule has 4 N–H and O–H groups in total. The number of aliphatic hydroxyl groups excluding tert-OH is 3. The van der Waals surface area contributed by atoms with Crippen LogP contribution >= 0.6 is 0 Å². The number of esters is 1. The molecular formula is C64H122O12S. The third-order valence-corrected chi connectivity index (χ3v) is 15.8. The van der Waals surface area contributed by atoms with Crippen molar-refractivity contribution in [2.75, 3.05) is 26.4 Å². The molecule has 1 rings (SSSR count). The monoisotopic (exact) mass is 1110 g/mol. The topological polar surface area (TPSA) is 178 Å². The Kier molecular flexibility index (Phi) is 52.7. The lowest BCUT2D eigenvalue weighted by atomic mass is 9.99. The molecule has 0 saturated carbocycles. The number of hydrogen-bond acceptors (Lipinski definition) is 11. The Morgan fingerprint density at radius 1 is 0.494 bits per heavy atom. The van der Waals surface area contributed by atoms with Crippen LogP contribution in [0.25, 0.3) is 0 Å². The average Bonchev–Trinajstić information content (AvgIpc) is 3.42. The van der Waals surface area contributed by atoms with Crippen LogP contribution in [0.5, 0.6) is 0 Å². The van der Waals surface area contributed by atoms with Crippen molar-refractivity contribution < 1.29 is 56.2 Å². The number of carbonyl (C=O) groups excluding carboxylic acids is 1. The second-order valence-electron chi connectivity index (χ2n) is 22.7. The Morgan fingerprint density at radius 3 is 1.23 bits per heavy atom. The van der Waals surface area contributed by atoms with Gasteiger partial charge in [0.1, 0.15) is 30.5 Å². The van der Waals surface area contributed by atoms with Gasteiger partial charge in [0.15, 0.2) is 6.29 Å². The van der Waals surface area contributed by atoms with Gasteiger partial charge < -0.3 is 34.3 Å². The van der Waals surface area contributed by atoms with Gasteiger partial charge in [-0.05, 0) is 44.9 Å². The van der Waals surface area contributed by atoms with Gasteiger partial charge in [-0.1, -0.05) is 289 Å². The molecule has 1 aliphatic heterocycles. The van der Waals surface area contributed by atoms with E-state index < -0.39 is 59.8 Å². The molecule has 6 unspecified atom stereocenters. The zero-order valence-electron chi connectivity index (χ0n) is 49.8. The summed E-state index contributed by atoms with van der Waals surface area (Å²) >= 11 is 0. The maximum absolute atomic E-state index is 13.0. The van der Waals surface area contributed by atoms with Gasteiger partial charge in [0.25, 0.3) is 0 Å². The molecule has 0 spiro atoms. The Balaban J connectivity index is 2.22. The highest BCUT2D eigenvalue weighted by molar-refractivity contribution is 7.80. The van der Waals surface area contributed by atoms with Crippen LogP contribution in [-0.2, 0) is 38.3 Å². The van der Waals surface area contributed by atoms with Gasteiger partial charge in [-0.25, -0.2) is 4.18 Å². The first-order valence-electron chi connectivity index (χ1n) is 32.6. The highest BCUT2D eigenvalue weighted by Crippen LogP contribution is 2.26. The number of allylic oxidation sites excluding steroid dienone is 4. The van der Waals surface area contributed by atoms with E-state index in [9.17, 15) is 33.1 Å². The van der Waals surface area contributed by atoms with E-state index in [0.29, 0.717) is 13.0 Å². The molecule has 456 valence electrons. The Bertz CT molecular complexity index is 1430. The van der Waals surface area contributed by atoms with Crippen LogP contribution < -0.4 is 0 Å². The van der Waals surface area contributed by atoms with Gasteiger partial charge in [0, 0.05) is 13.0 Å². The van der Waals surface area contributed by atoms with Crippen LogP contribution in [0.4, 0.5) is 0 Å². The highest BCUT2D eigenvalue weighted by atomic mass is 32.3. The molecule has 1 aliphatic rings. The van der Waals surface area contributed by atoms with Crippen LogP contribution in [-0.4, -0.2) is 97.5 Å². The lowest BCUT2D eigenvalue weighted by molar-refractivity contribution is -0.301. The van der Waals surface area contributed by atoms with Crippen LogP contribution in [0.15, 0.2) is 24.3 Å². The molecule has 77 heavy (non-hydrogen) atoms. The largest absolute Gasteiger partial charge is 0.457 e. The fourth-order valence-corrected chi connectivity index (χ4v) is 10.9. The fourth-order valence-electron chi connectivity index (χ4n) is 10.4. The van der Waals surface area contributed by atoms with Crippen LogP contribution in [0.3, 0.4) is 0 Å². The number of ether oxygens (including phenoxy) is 4. The van der Waals surface area contributed by atoms with Gasteiger partial charge in [-0.15, -0.1) is 0 Å². The van der Waals surface area contributed by atoms with Crippen molar-refractivity contribution in [3.05, 3.63) is 24.3 Å². The van der Waals surface area contributed by atoms with E-state index in [-0.39, 0.29) is 19.6 Å². The maximum atomic E-state index is 13.0. The Hall–Kier alpha value is -1.42. The summed E-state index contributed by atoms with van der Waals surface area (Å²) in [6, 6.07) is 0. The summed E-state index contributed by atoms with van der Waals surface area (Å²) in [6.45, 7) is 4.06. The molecule has 0 aliphatic carbocycles. The summed E-state index contributed by atoms with van der Waals surface area (Å²) in [5, 5.41) is 30.9. The van der Waals surface area contributed by atoms with E-state index >= 15 is 0 Å². The number of rotatable bonds is 59. The second-order valence-corrected chi connectivity index (χ2v) is 23.8. The maximum Gasteiger partial charge on any atom is 0.397 e. The van der Waals surface area contributed by atoms with Crippen molar-refractivity contribution in [3.63, 3.8) is 0 Å². The molecule has 0 aromatic rings. The van der Waals surface area contributed by atoms with Gasteiger partial charge in [-0.3, -0.25) is 9.35 Å². The molecular weight excluding hydrogens is 993 g/mol. The number of carbonyl (C=O) groups is 1. The Morgan fingerprint density at radius 2 is 0.857 bits per heavy atom. The Labute approximate surface area is 473 Å². The molecule has 12 nitrogen and oxygen atoms in total. The van der Waals surface area contributed by atoms with E-state index in [1.807, 2.05) is 0 Å². The smallest absolute Gasteiger partial charge is 0.397 e. The molecule has 1 saturated heterocycles. The molecule has 13 heteroatoms. The zero-order chi connectivity index (χ0) is 56.0. The van der Waals surface area contributed by atoms with E-state index in [4.69, 9.17) is 18.9 Å². The van der Waals surface area contributed by atoms with Crippen molar-refractivity contribution in [3.8, 4) is 0 Å². The normalized spacial score (nSPS) is 18.5. The molecule has 1 heterocycles. The number of unbranched alkanes of at least 4 members (excludes halogenated alkanes) is 42. The van der Waals surface area contributed by atoms with Gasteiger partial charge in [-0.2, -0.15) is 8.42 Å². The summed E-state index contributed by atoms with van der Waals surface area (Å²) < 4.78 is 59.6. The summed E-state index contributed by atoms with van der Waals surface area (Å²) in [7, 11) is -5.07. The minimum atomic E-state index is -5.07. The fraction of sp³-hybridized carbons (Fsp3) is 0.922. The molecule has 0 aromatic heterocycles. The zero-order valence-corrected chi connectivity index (χ0v) is 50.6. The lowest BCUT2D eigenvalue weighted by Crippen LogP contribution is -2.60. The van der Waals surface area contributed by atoms with E-state index in [2.05, 4.69) is 42.3 Å². The molecule has 0 radical (unpaired) electrons. The van der Waals surface area contributed by atoms with E-state index in [0.717, 1.165) is 44.9 Å². The summed E-state index contributed by atoms with van der Waals surface area (Å²) in [4.78, 5) is 13.0. The lowest BCUT2D eigenvalue weighted by Gasteiger charge is -2.41. The van der Waals surface area contributed by atoms with Gasteiger partial charge >= 0.3 is 16.4 Å². The first-order valence-corrected chi connectivity index (χ1v) is 34.0. The van der Waals surface area contributed by atoms with Crippen molar-refractivity contribution in [2.24, 2.45) is 0 Å². The standard InChI is InChI=1S/C64H122O12S/c1-3-5-7-9-11-13-15-17-19-21-23-25-27-29-30-32-34-36-38-40-42-44-46-48-50-52-54-72-56-58(57-73-64-62(68)63(76-77(69,70)71)61(67)59(55-65)75-64)74-60(66)53-51-49-47-45-43-41-39-37-35-33-31-28-26-24-22-20-18-16-14-12-10-8-6-4-2/h15,17,21,23,58-59,61-65,67-68H,3-14,16,18-20,22,24-57H2,1-2H3,(H,69,70,71)/b17-15-,23-21-. The summed E-state index contributed by atoms with van der Waals surface area (Å²) in [5.74, 6) is -0.390. The van der Waals surface area contributed by atoms with E-state index in [1.165, 1.54) is 244 Å². The molecule has 6 atom stereocenters. The second kappa shape index (κ2) is 55.1. The van der Waals surface area contributed by atoms with Crippen molar-refractivity contribution in [1.29, 1.82) is 0 Å². The minimum Gasteiger partial charge on any atom is -0.457 e. The summed E-state index contributed by atoms with van der Waals surface area (Å²) in [5.41, 5.74) is 0. The van der Waals surface area contributed by atoms with Crippen molar-refractivity contribution >= 4 is 16.4 Å². The third kappa shape index (κ3) is 47.9. The van der Waals surface area contributed by atoms with Crippen LogP contribution in [0.1, 0.15) is 316 Å².